The highest BCUT2D eigenvalue weighted by Gasteiger charge is 2.21. The van der Waals surface area contributed by atoms with Gasteiger partial charge in [0.2, 0.25) is 0 Å². The number of fused-ring (bicyclic) bond motifs is 4. The molecule has 1 aromatic heterocycles. The maximum atomic E-state index is 6.43. The molecule has 9 aromatic carbocycles. The fourth-order valence-corrected chi connectivity index (χ4v) is 7.67. The van der Waals surface area contributed by atoms with Crippen LogP contribution in [-0.4, -0.2) is 0 Å². The van der Waals surface area contributed by atoms with Crippen LogP contribution in [0.2, 0.25) is 0 Å². The van der Waals surface area contributed by atoms with Gasteiger partial charge in [-0.25, -0.2) is 0 Å². The van der Waals surface area contributed by atoms with E-state index in [9.17, 15) is 0 Å². The van der Waals surface area contributed by atoms with Gasteiger partial charge in [-0.2, -0.15) is 0 Å². The number of furan rings is 1. The Kier molecular flexibility index (Phi) is 5.06. The van der Waals surface area contributed by atoms with E-state index in [1.165, 1.54) is 81.9 Å². The Morgan fingerprint density at radius 3 is 1.71 bits per heavy atom. The molecular weight excluding hydrogens is 544 g/mol. The molecule has 0 aliphatic heterocycles. The minimum atomic E-state index is 0.912. The largest absolute Gasteiger partial charge is 0.456 e. The van der Waals surface area contributed by atoms with Crippen LogP contribution in [0.3, 0.4) is 0 Å². The zero-order chi connectivity index (χ0) is 29.5. The van der Waals surface area contributed by atoms with Crippen LogP contribution < -0.4 is 0 Å². The van der Waals surface area contributed by atoms with Gasteiger partial charge < -0.3 is 4.42 Å². The summed E-state index contributed by atoms with van der Waals surface area (Å²) in [4.78, 5) is 0. The lowest BCUT2D eigenvalue weighted by Gasteiger charge is -2.19. The molecule has 1 nitrogen and oxygen atoms in total. The smallest absolute Gasteiger partial charge is 0.136 e. The first-order chi connectivity index (χ1) is 22.3. The van der Waals surface area contributed by atoms with E-state index in [4.69, 9.17) is 4.42 Å². The van der Waals surface area contributed by atoms with Gasteiger partial charge in [0.1, 0.15) is 11.2 Å². The van der Waals surface area contributed by atoms with Gasteiger partial charge in [0.25, 0.3) is 0 Å². The molecule has 0 N–H and O–H groups in total. The van der Waals surface area contributed by atoms with E-state index in [0.717, 1.165) is 16.6 Å². The van der Waals surface area contributed by atoms with Crippen LogP contribution >= 0.6 is 0 Å². The lowest BCUT2D eigenvalue weighted by Crippen LogP contribution is -1.92. The average molecular weight is 571 g/mol. The molecule has 0 unspecified atom stereocenters. The minimum absolute atomic E-state index is 0.912. The molecule has 0 amide bonds. The molecular formula is C44H26O. The topological polar surface area (TPSA) is 13.1 Å². The van der Waals surface area contributed by atoms with Crippen molar-refractivity contribution in [2.75, 3.05) is 0 Å². The van der Waals surface area contributed by atoms with Crippen LogP contribution in [0.4, 0.5) is 0 Å². The van der Waals surface area contributed by atoms with Crippen molar-refractivity contribution in [3.63, 3.8) is 0 Å². The van der Waals surface area contributed by atoms with Crippen molar-refractivity contribution >= 4 is 65.0 Å². The van der Waals surface area contributed by atoms with E-state index < -0.39 is 0 Å². The summed E-state index contributed by atoms with van der Waals surface area (Å²) < 4.78 is 6.43. The third-order valence-electron chi connectivity index (χ3n) is 9.64. The first-order valence-electron chi connectivity index (χ1n) is 15.5. The highest BCUT2D eigenvalue weighted by Crippen LogP contribution is 2.48. The van der Waals surface area contributed by atoms with E-state index in [1.54, 1.807) is 0 Å². The van der Waals surface area contributed by atoms with Crippen molar-refractivity contribution in [3.05, 3.63) is 158 Å². The summed E-state index contributed by atoms with van der Waals surface area (Å²) in [5.41, 5.74) is 9.22. The second-order valence-corrected chi connectivity index (χ2v) is 12.0. The molecule has 0 saturated carbocycles. The number of rotatable bonds is 3. The van der Waals surface area contributed by atoms with Crippen LogP contribution in [0.25, 0.3) is 98.4 Å². The maximum absolute atomic E-state index is 6.43. The first-order valence-corrected chi connectivity index (χ1v) is 15.5. The predicted molar refractivity (Wildman–Crippen MR) is 191 cm³/mol. The van der Waals surface area contributed by atoms with E-state index in [1.807, 2.05) is 6.07 Å². The van der Waals surface area contributed by atoms with Crippen LogP contribution in [0.1, 0.15) is 0 Å². The van der Waals surface area contributed by atoms with Crippen LogP contribution in [0.15, 0.2) is 162 Å². The van der Waals surface area contributed by atoms with E-state index in [-0.39, 0.29) is 0 Å². The molecule has 0 aliphatic carbocycles. The molecule has 208 valence electrons. The Bertz CT molecular complexity index is 2740. The van der Waals surface area contributed by atoms with E-state index >= 15 is 0 Å². The number of benzene rings is 9. The average Bonchev–Trinajstić information content (AvgIpc) is 3.49. The van der Waals surface area contributed by atoms with E-state index in [2.05, 4.69) is 152 Å². The molecule has 0 bridgehead atoms. The Hall–Kier alpha value is -5.92. The van der Waals surface area contributed by atoms with Crippen LogP contribution in [0, 0.1) is 0 Å². The Morgan fingerprint density at radius 1 is 0.289 bits per heavy atom. The minimum Gasteiger partial charge on any atom is -0.456 e. The zero-order valence-electron chi connectivity index (χ0n) is 24.4. The third-order valence-corrected chi connectivity index (χ3v) is 9.64. The van der Waals surface area contributed by atoms with Gasteiger partial charge in [-0.05, 0) is 83.0 Å². The van der Waals surface area contributed by atoms with Crippen molar-refractivity contribution in [1.82, 2.24) is 0 Å². The van der Waals surface area contributed by atoms with Gasteiger partial charge in [0.05, 0.1) is 0 Å². The van der Waals surface area contributed by atoms with Crippen molar-refractivity contribution in [1.29, 1.82) is 0 Å². The van der Waals surface area contributed by atoms with Crippen molar-refractivity contribution in [2.45, 2.75) is 0 Å². The predicted octanol–water partition coefficient (Wildman–Crippen LogP) is 12.6. The molecule has 0 aliphatic rings. The molecule has 10 aromatic rings. The van der Waals surface area contributed by atoms with Gasteiger partial charge >= 0.3 is 0 Å². The standard InChI is InChI=1S/C44H26O/c1-2-9-28(10-3-1)32-25-26-40-44(38-14-6-7-16-39(38)45-40)43(32)37-24-20-30-18-22-35-34(21-17-29-19-23-36(37)42(30)41(29)35)33-15-8-12-27-11-4-5-13-31(27)33/h1-26H. The molecule has 0 fully saturated rings. The highest BCUT2D eigenvalue weighted by atomic mass is 16.3. The monoisotopic (exact) mass is 570 g/mol. The van der Waals surface area contributed by atoms with Gasteiger partial charge in [-0.3, -0.25) is 0 Å². The summed E-state index contributed by atoms with van der Waals surface area (Å²) >= 11 is 0. The Morgan fingerprint density at radius 2 is 0.889 bits per heavy atom. The van der Waals surface area contributed by atoms with Gasteiger partial charge in [0.15, 0.2) is 0 Å². The van der Waals surface area contributed by atoms with Gasteiger partial charge in [-0.15, -0.1) is 0 Å². The van der Waals surface area contributed by atoms with Crippen molar-refractivity contribution < 1.29 is 4.42 Å². The lowest BCUT2D eigenvalue weighted by atomic mass is 9.84. The molecule has 0 radical (unpaired) electrons. The van der Waals surface area contributed by atoms with Crippen molar-refractivity contribution in [3.8, 4) is 33.4 Å². The SMILES string of the molecule is c1ccc(-c2ccc3oc4ccccc4c3c2-c2ccc3ccc4c(-c5cccc6ccccc56)ccc5ccc2c3c54)cc1. The summed E-state index contributed by atoms with van der Waals surface area (Å²) in [5, 5.41) is 12.6. The summed E-state index contributed by atoms with van der Waals surface area (Å²) in [6.45, 7) is 0. The third kappa shape index (κ3) is 3.50. The van der Waals surface area contributed by atoms with Gasteiger partial charge in [-0.1, -0.05) is 146 Å². The zero-order valence-corrected chi connectivity index (χ0v) is 24.4. The highest BCUT2D eigenvalue weighted by molar-refractivity contribution is 6.30. The second-order valence-electron chi connectivity index (χ2n) is 12.0. The molecule has 0 saturated heterocycles. The number of para-hydroxylation sites is 1. The first kappa shape index (κ1) is 24.5. The van der Waals surface area contributed by atoms with Crippen LogP contribution in [0.5, 0.6) is 0 Å². The molecule has 0 atom stereocenters. The summed E-state index contributed by atoms with van der Waals surface area (Å²) in [7, 11) is 0. The fourth-order valence-electron chi connectivity index (χ4n) is 7.67. The molecule has 1 heterocycles. The van der Waals surface area contributed by atoms with E-state index in [0.29, 0.717) is 0 Å². The van der Waals surface area contributed by atoms with Gasteiger partial charge in [0, 0.05) is 16.3 Å². The maximum Gasteiger partial charge on any atom is 0.136 e. The summed E-state index contributed by atoms with van der Waals surface area (Å²) in [6, 6.07) is 57.3. The number of hydrogen-bond donors (Lipinski definition) is 0. The fraction of sp³-hybridized carbons (Fsp3) is 0. The molecule has 0 spiro atoms. The molecule has 45 heavy (non-hydrogen) atoms. The normalized spacial score (nSPS) is 12.0. The quantitative estimate of drug-likeness (QED) is 0.193. The number of hydrogen-bond acceptors (Lipinski definition) is 1. The summed E-state index contributed by atoms with van der Waals surface area (Å²) in [5.74, 6) is 0. The summed E-state index contributed by atoms with van der Waals surface area (Å²) in [6.07, 6.45) is 0. The molecule has 10 rings (SSSR count). The second kappa shape index (κ2) is 9.29. The lowest BCUT2D eigenvalue weighted by molar-refractivity contribution is 0.669. The Labute approximate surface area is 259 Å². The molecule has 1 heteroatoms. The Balaban J connectivity index is 1.34. The van der Waals surface area contributed by atoms with Crippen LogP contribution in [-0.2, 0) is 0 Å². The van der Waals surface area contributed by atoms with Crippen molar-refractivity contribution in [2.24, 2.45) is 0 Å².